The number of benzene rings is 1. The third-order valence-electron chi connectivity index (χ3n) is 2.60. The number of H-pyrrole nitrogens is 1. The van der Waals surface area contributed by atoms with Gasteiger partial charge in [0.25, 0.3) is 5.56 Å². The minimum Gasteiger partial charge on any atom is -0.384 e. The predicted octanol–water partition coefficient (Wildman–Crippen LogP) is 1.95. The van der Waals surface area contributed by atoms with E-state index in [9.17, 15) is 4.79 Å². The van der Waals surface area contributed by atoms with E-state index in [2.05, 4.69) is 28.7 Å². The monoisotopic (exact) mass is 251 g/mol. The molecule has 1 heterocycles. The Morgan fingerprint density at radius 1 is 1.41 bits per heavy atom. The summed E-state index contributed by atoms with van der Waals surface area (Å²) in [6.07, 6.45) is 1.09. The van der Waals surface area contributed by atoms with Crippen LogP contribution in [-0.2, 0) is 0 Å². The first-order valence-corrected chi connectivity index (χ1v) is 6.49. The van der Waals surface area contributed by atoms with Gasteiger partial charge in [-0.3, -0.25) is 9.17 Å². The number of hydrogen-bond donors (Lipinski definition) is 2. The minimum atomic E-state index is 0.00180. The van der Waals surface area contributed by atoms with Gasteiger partial charge in [-0.15, -0.1) is 0 Å². The molecule has 2 rings (SSSR count). The highest BCUT2D eigenvalue weighted by Gasteiger charge is 2.05. The molecule has 0 fully saturated rings. The second-order valence-electron chi connectivity index (χ2n) is 4.30. The van der Waals surface area contributed by atoms with Crippen LogP contribution in [0.4, 0.5) is 5.69 Å². The predicted molar refractivity (Wildman–Crippen MR) is 74.1 cm³/mol. The zero-order valence-electron chi connectivity index (χ0n) is 10.1. The van der Waals surface area contributed by atoms with Crippen LogP contribution >= 0.6 is 11.5 Å². The van der Waals surface area contributed by atoms with Crippen molar-refractivity contribution in [3.05, 3.63) is 28.6 Å². The van der Waals surface area contributed by atoms with Crippen molar-refractivity contribution in [1.82, 2.24) is 9.27 Å². The molecule has 0 unspecified atom stereocenters. The lowest BCUT2D eigenvalue weighted by molar-refractivity contribution is 0.405. The molecule has 17 heavy (non-hydrogen) atoms. The smallest absolute Gasteiger partial charge is 0.265 e. The maximum atomic E-state index is 11.5. The van der Waals surface area contributed by atoms with Crippen molar-refractivity contribution in [2.75, 3.05) is 32.5 Å². The Labute approximate surface area is 104 Å². The van der Waals surface area contributed by atoms with Crippen LogP contribution in [0.5, 0.6) is 0 Å². The van der Waals surface area contributed by atoms with Gasteiger partial charge in [0.2, 0.25) is 0 Å². The number of rotatable bonds is 5. The zero-order valence-corrected chi connectivity index (χ0v) is 10.9. The van der Waals surface area contributed by atoms with Crippen molar-refractivity contribution in [2.45, 2.75) is 6.42 Å². The van der Waals surface area contributed by atoms with Crippen LogP contribution in [0, 0.1) is 0 Å². The van der Waals surface area contributed by atoms with E-state index in [0.29, 0.717) is 0 Å². The van der Waals surface area contributed by atoms with E-state index < -0.39 is 0 Å². The van der Waals surface area contributed by atoms with Gasteiger partial charge in [-0.2, -0.15) is 0 Å². The van der Waals surface area contributed by atoms with Gasteiger partial charge in [-0.1, -0.05) is 17.6 Å². The molecule has 5 heteroatoms. The number of nitrogens with one attached hydrogen (secondary N) is 2. The van der Waals surface area contributed by atoms with Crippen molar-refractivity contribution in [2.24, 2.45) is 0 Å². The van der Waals surface area contributed by atoms with Gasteiger partial charge in [0.15, 0.2) is 0 Å². The van der Waals surface area contributed by atoms with Crippen LogP contribution in [0.1, 0.15) is 6.42 Å². The summed E-state index contributed by atoms with van der Waals surface area (Å²) in [4.78, 5) is 13.6. The highest BCUT2D eigenvalue weighted by atomic mass is 32.1. The first kappa shape index (κ1) is 12.1. The summed E-state index contributed by atoms with van der Waals surface area (Å²) < 4.78 is 3.78. The summed E-state index contributed by atoms with van der Waals surface area (Å²) in [6.45, 7) is 1.98. The van der Waals surface area contributed by atoms with Crippen molar-refractivity contribution in [1.29, 1.82) is 0 Å². The Hall–Kier alpha value is -1.33. The van der Waals surface area contributed by atoms with Crippen LogP contribution in [0.15, 0.2) is 23.0 Å². The molecular weight excluding hydrogens is 234 g/mol. The van der Waals surface area contributed by atoms with Crippen molar-refractivity contribution in [3.63, 3.8) is 0 Å². The normalized spacial score (nSPS) is 11.2. The molecule has 0 saturated carbocycles. The summed E-state index contributed by atoms with van der Waals surface area (Å²) >= 11 is 1.39. The molecule has 92 valence electrons. The summed E-state index contributed by atoms with van der Waals surface area (Å²) in [5, 5.41) is 4.15. The molecule has 2 aromatic rings. The number of hydrogen-bond acceptors (Lipinski definition) is 4. The van der Waals surface area contributed by atoms with Gasteiger partial charge >= 0.3 is 0 Å². The van der Waals surface area contributed by atoms with E-state index in [4.69, 9.17) is 0 Å². The molecule has 1 aromatic carbocycles. The van der Waals surface area contributed by atoms with Crippen molar-refractivity contribution < 1.29 is 0 Å². The number of nitrogens with zero attached hydrogens (tertiary/aromatic N) is 1. The lowest BCUT2D eigenvalue weighted by Crippen LogP contribution is -2.16. The Morgan fingerprint density at radius 3 is 3.00 bits per heavy atom. The summed E-state index contributed by atoms with van der Waals surface area (Å²) in [5.74, 6) is 0. The van der Waals surface area contributed by atoms with Crippen LogP contribution in [0.2, 0.25) is 0 Å². The van der Waals surface area contributed by atoms with Crippen LogP contribution < -0.4 is 10.9 Å². The largest absolute Gasteiger partial charge is 0.384 e. The molecule has 0 atom stereocenters. The van der Waals surface area contributed by atoms with Gasteiger partial charge in [-0.25, -0.2) is 0 Å². The van der Waals surface area contributed by atoms with Crippen molar-refractivity contribution >= 4 is 27.3 Å². The van der Waals surface area contributed by atoms with E-state index in [-0.39, 0.29) is 5.56 Å². The molecule has 0 radical (unpaired) electrons. The first-order chi connectivity index (χ1) is 8.18. The number of anilines is 1. The summed E-state index contributed by atoms with van der Waals surface area (Å²) in [7, 11) is 4.14. The lowest BCUT2D eigenvalue weighted by Gasteiger charge is -2.10. The Morgan fingerprint density at radius 2 is 2.24 bits per heavy atom. The molecule has 2 N–H and O–H groups in total. The van der Waals surface area contributed by atoms with Crippen LogP contribution in [0.3, 0.4) is 0 Å². The van der Waals surface area contributed by atoms with Gasteiger partial charge in [-0.05, 0) is 39.2 Å². The second kappa shape index (κ2) is 5.33. The lowest BCUT2D eigenvalue weighted by atomic mass is 10.2. The topological polar surface area (TPSA) is 48.1 Å². The Bertz CT molecular complexity index is 544. The fourth-order valence-electron chi connectivity index (χ4n) is 1.74. The highest BCUT2D eigenvalue weighted by Crippen LogP contribution is 2.23. The Balaban J connectivity index is 2.06. The van der Waals surface area contributed by atoms with Crippen LogP contribution in [-0.4, -0.2) is 36.5 Å². The molecule has 0 aliphatic carbocycles. The maximum absolute atomic E-state index is 11.5. The van der Waals surface area contributed by atoms with E-state index in [1.54, 1.807) is 0 Å². The molecule has 0 spiro atoms. The standard InChI is InChI=1S/C12H17N3OS/c1-15(2)8-4-7-13-10-6-3-5-9-11(10)17-14-12(9)16/h3,5-6,13H,4,7-8H2,1-2H3,(H,14,16). The second-order valence-corrected chi connectivity index (χ2v) is 5.12. The van der Waals surface area contributed by atoms with Gasteiger partial charge in [0, 0.05) is 6.54 Å². The average molecular weight is 251 g/mol. The average Bonchev–Trinajstić information content (AvgIpc) is 2.67. The van der Waals surface area contributed by atoms with Crippen LogP contribution in [0.25, 0.3) is 10.1 Å². The van der Waals surface area contributed by atoms with E-state index in [0.717, 1.165) is 35.3 Å². The van der Waals surface area contributed by atoms with E-state index in [1.807, 2.05) is 18.2 Å². The van der Waals surface area contributed by atoms with Gasteiger partial charge in [0.1, 0.15) is 0 Å². The highest BCUT2D eigenvalue weighted by molar-refractivity contribution is 7.14. The maximum Gasteiger partial charge on any atom is 0.265 e. The number of aromatic nitrogens is 1. The molecule has 0 bridgehead atoms. The number of aromatic amines is 1. The first-order valence-electron chi connectivity index (χ1n) is 5.67. The summed E-state index contributed by atoms with van der Waals surface area (Å²) in [6, 6.07) is 5.79. The molecule has 1 aromatic heterocycles. The van der Waals surface area contributed by atoms with Gasteiger partial charge in [0.05, 0.1) is 15.8 Å². The SMILES string of the molecule is CN(C)CCCNc1cccc2c(=O)[nH]sc12. The fraction of sp³-hybridized carbons (Fsp3) is 0.417. The summed E-state index contributed by atoms with van der Waals surface area (Å²) in [5.41, 5.74) is 1.05. The van der Waals surface area contributed by atoms with E-state index in [1.165, 1.54) is 11.5 Å². The van der Waals surface area contributed by atoms with E-state index >= 15 is 0 Å². The molecular formula is C12H17N3OS. The number of fused-ring (bicyclic) bond motifs is 1. The molecule has 4 nitrogen and oxygen atoms in total. The Kier molecular flexibility index (Phi) is 3.81. The quantitative estimate of drug-likeness (QED) is 0.799. The third kappa shape index (κ3) is 2.87. The molecule has 0 aliphatic rings. The van der Waals surface area contributed by atoms with Crippen molar-refractivity contribution in [3.8, 4) is 0 Å². The molecule has 0 aliphatic heterocycles. The molecule has 0 amide bonds. The fourth-order valence-corrected chi connectivity index (χ4v) is 2.56. The molecule has 0 saturated heterocycles. The third-order valence-corrected chi connectivity index (χ3v) is 3.53. The zero-order chi connectivity index (χ0) is 12.3. The van der Waals surface area contributed by atoms with Gasteiger partial charge < -0.3 is 10.2 Å². The minimum absolute atomic E-state index is 0.00180.